The maximum Gasteiger partial charge on any atom is 0.251 e. The molecule has 0 aromatic heterocycles. The molecule has 0 fully saturated rings. The smallest absolute Gasteiger partial charge is 0.251 e. The van der Waals surface area contributed by atoms with Gasteiger partial charge in [-0.25, -0.2) is 18.2 Å². The zero-order valence-electron chi connectivity index (χ0n) is 11.0. The molecule has 0 bridgehead atoms. The van der Waals surface area contributed by atoms with E-state index in [2.05, 4.69) is 0 Å². The Bertz CT molecular complexity index is 466. The third kappa shape index (κ3) is 3.47. The second kappa shape index (κ2) is 5.61. The predicted octanol–water partition coefficient (Wildman–Crippen LogP) is 3.26. The minimum atomic E-state index is -1.14. The standard InChI is InChI=1S/C13H16F3NO2/c1-4-13(2,3)12(18)17(19)7-9-10(15)5-8(14)6-11(9)16/h5-6,19H,4,7H2,1-3H3. The summed E-state index contributed by atoms with van der Waals surface area (Å²) in [6.07, 6.45) is 0.456. The first-order valence-electron chi connectivity index (χ1n) is 5.83. The van der Waals surface area contributed by atoms with Crippen LogP contribution < -0.4 is 0 Å². The molecule has 0 aliphatic rings. The van der Waals surface area contributed by atoms with E-state index in [0.29, 0.717) is 18.6 Å². The van der Waals surface area contributed by atoms with Gasteiger partial charge in [0, 0.05) is 23.1 Å². The van der Waals surface area contributed by atoms with Crippen LogP contribution >= 0.6 is 0 Å². The highest BCUT2D eigenvalue weighted by Crippen LogP contribution is 2.24. The fraction of sp³-hybridized carbons (Fsp3) is 0.462. The van der Waals surface area contributed by atoms with Crippen molar-refractivity contribution < 1.29 is 23.2 Å². The van der Waals surface area contributed by atoms with Crippen LogP contribution in [0.25, 0.3) is 0 Å². The highest BCUT2D eigenvalue weighted by Gasteiger charge is 2.30. The van der Waals surface area contributed by atoms with E-state index < -0.39 is 40.9 Å². The number of rotatable bonds is 4. The third-order valence-electron chi connectivity index (χ3n) is 3.11. The van der Waals surface area contributed by atoms with Crippen molar-refractivity contribution in [2.75, 3.05) is 0 Å². The Hall–Kier alpha value is -1.56. The summed E-state index contributed by atoms with van der Waals surface area (Å²) in [7, 11) is 0. The van der Waals surface area contributed by atoms with Gasteiger partial charge in [-0.2, -0.15) is 0 Å². The van der Waals surface area contributed by atoms with Gasteiger partial charge in [0.2, 0.25) is 0 Å². The number of halogens is 3. The van der Waals surface area contributed by atoms with Crippen LogP contribution in [-0.4, -0.2) is 16.2 Å². The topological polar surface area (TPSA) is 40.5 Å². The van der Waals surface area contributed by atoms with Crippen LogP contribution in [0.3, 0.4) is 0 Å². The number of hydroxylamine groups is 2. The van der Waals surface area contributed by atoms with E-state index in [4.69, 9.17) is 0 Å². The molecule has 0 atom stereocenters. The second-order valence-corrected chi connectivity index (χ2v) is 4.95. The van der Waals surface area contributed by atoms with Gasteiger partial charge in [0.15, 0.2) is 0 Å². The molecule has 106 valence electrons. The van der Waals surface area contributed by atoms with Gasteiger partial charge >= 0.3 is 0 Å². The summed E-state index contributed by atoms with van der Waals surface area (Å²) >= 11 is 0. The molecule has 0 saturated heterocycles. The van der Waals surface area contributed by atoms with Gasteiger partial charge < -0.3 is 0 Å². The number of carbonyl (C=O) groups is 1. The highest BCUT2D eigenvalue weighted by atomic mass is 19.1. The molecule has 1 amide bonds. The average Bonchev–Trinajstić information content (AvgIpc) is 2.32. The lowest BCUT2D eigenvalue weighted by Gasteiger charge is -2.26. The van der Waals surface area contributed by atoms with Gasteiger partial charge in [-0.05, 0) is 6.42 Å². The molecule has 1 aromatic rings. The van der Waals surface area contributed by atoms with Gasteiger partial charge in [-0.3, -0.25) is 10.0 Å². The number of amides is 1. The van der Waals surface area contributed by atoms with Gasteiger partial charge in [-0.1, -0.05) is 20.8 Å². The van der Waals surface area contributed by atoms with E-state index in [-0.39, 0.29) is 5.06 Å². The molecular weight excluding hydrogens is 259 g/mol. The Morgan fingerprint density at radius 3 is 2.16 bits per heavy atom. The van der Waals surface area contributed by atoms with Crippen molar-refractivity contribution in [3.63, 3.8) is 0 Å². The zero-order chi connectivity index (χ0) is 14.8. The van der Waals surface area contributed by atoms with Gasteiger partial charge in [0.05, 0.1) is 6.54 Å². The van der Waals surface area contributed by atoms with Crippen LogP contribution in [0.5, 0.6) is 0 Å². The van der Waals surface area contributed by atoms with Crippen molar-refractivity contribution in [1.82, 2.24) is 5.06 Å². The van der Waals surface area contributed by atoms with Crippen LogP contribution in [-0.2, 0) is 11.3 Å². The Morgan fingerprint density at radius 1 is 1.26 bits per heavy atom. The monoisotopic (exact) mass is 275 g/mol. The molecule has 1 rings (SSSR count). The summed E-state index contributed by atoms with van der Waals surface area (Å²) in [6.45, 7) is 4.30. The SMILES string of the molecule is CCC(C)(C)C(=O)N(O)Cc1c(F)cc(F)cc1F. The predicted molar refractivity (Wildman–Crippen MR) is 62.7 cm³/mol. The fourth-order valence-electron chi connectivity index (χ4n) is 1.45. The van der Waals surface area contributed by atoms with Crippen LogP contribution in [0, 0.1) is 22.9 Å². The van der Waals surface area contributed by atoms with Crippen LogP contribution in [0.15, 0.2) is 12.1 Å². The molecule has 0 aliphatic carbocycles. The van der Waals surface area contributed by atoms with E-state index >= 15 is 0 Å². The second-order valence-electron chi connectivity index (χ2n) is 4.95. The average molecular weight is 275 g/mol. The molecule has 0 radical (unpaired) electrons. The van der Waals surface area contributed by atoms with E-state index in [1.54, 1.807) is 20.8 Å². The van der Waals surface area contributed by atoms with Crippen molar-refractivity contribution >= 4 is 5.91 Å². The number of hydrogen-bond donors (Lipinski definition) is 1. The molecule has 0 heterocycles. The highest BCUT2D eigenvalue weighted by molar-refractivity contribution is 5.80. The van der Waals surface area contributed by atoms with Crippen molar-refractivity contribution in [1.29, 1.82) is 0 Å². The fourth-order valence-corrected chi connectivity index (χ4v) is 1.45. The van der Waals surface area contributed by atoms with Crippen molar-refractivity contribution in [3.05, 3.63) is 35.1 Å². The van der Waals surface area contributed by atoms with Crippen molar-refractivity contribution in [3.8, 4) is 0 Å². The molecule has 0 unspecified atom stereocenters. The number of hydrogen-bond acceptors (Lipinski definition) is 2. The minimum absolute atomic E-state index is 0.253. The van der Waals surface area contributed by atoms with Crippen LogP contribution in [0.4, 0.5) is 13.2 Å². The third-order valence-corrected chi connectivity index (χ3v) is 3.11. The summed E-state index contributed by atoms with van der Waals surface area (Å²) in [5, 5.41) is 9.87. The first-order chi connectivity index (χ1) is 8.69. The molecule has 0 aliphatic heterocycles. The lowest BCUT2D eigenvalue weighted by atomic mass is 9.89. The van der Waals surface area contributed by atoms with Crippen LogP contribution in [0.1, 0.15) is 32.8 Å². The van der Waals surface area contributed by atoms with Gasteiger partial charge in [-0.15, -0.1) is 0 Å². The van der Waals surface area contributed by atoms with E-state index in [1.165, 1.54) is 0 Å². The molecule has 1 N–H and O–H groups in total. The molecule has 1 aromatic carbocycles. The summed E-state index contributed by atoms with van der Waals surface area (Å²) in [5.74, 6) is -3.99. The zero-order valence-corrected chi connectivity index (χ0v) is 11.0. The Kier molecular flexibility index (Phi) is 4.57. The first-order valence-corrected chi connectivity index (χ1v) is 5.83. The van der Waals surface area contributed by atoms with E-state index in [1.807, 2.05) is 0 Å². The normalized spacial score (nSPS) is 11.5. The van der Waals surface area contributed by atoms with Gasteiger partial charge in [0.25, 0.3) is 5.91 Å². The number of nitrogens with zero attached hydrogens (tertiary/aromatic N) is 1. The maximum atomic E-state index is 13.4. The van der Waals surface area contributed by atoms with E-state index in [9.17, 15) is 23.2 Å². The van der Waals surface area contributed by atoms with Crippen molar-refractivity contribution in [2.24, 2.45) is 5.41 Å². The molecule has 0 saturated carbocycles. The summed E-state index contributed by atoms with van der Waals surface area (Å²) in [4.78, 5) is 11.8. The molecule has 19 heavy (non-hydrogen) atoms. The molecule has 6 heteroatoms. The number of benzene rings is 1. The van der Waals surface area contributed by atoms with Crippen molar-refractivity contribution in [2.45, 2.75) is 33.7 Å². The summed E-state index contributed by atoms with van der Waals surface area (Å²) in [6, 6.07) is 1.00. The summed E-state index contributed by atoms with van der Waals surface area (Å²) < 4.78 is 39.5. The maximum absolute atomic E-state index is 13.4. The molecule has 0 spiro atoms. The van der Waals surface area contributed by atoms with Gasteiger partial charge in [0.1, 0.15) is 17.5 Å². The molecular formula is C13H16F3NO2. The summed E-state index contributed by atoms with van der Waals surface area (Å²) in [5.41, 5.74) is -1.40. The minimum Gasteiger partial charge on any atom is -0.286 e. The van der Waals surface area contributed by atoms with E-state index in [0.717, 1.165) is 0 Å². The number of carbonyl (C=O) groups excluding carboxylic acids is 1. The first kappa shape index (κ1) is 15.5. The lowest BCUT2D eigenvalue weighted by Crippen LogP contribution is -2.38. The Labute approximate surface area is 109 Å². The molecule has 3 nitrogen and oxygen atoms in total. The largest absolute Gasteiger partial charge is 0.286 e. The Balaban J connectivity index is 2.95. The Morgan fingerprint density at radius 2 is 1.74 bits per heavy atom. The quantitative estimate of drug-likeness (QED) is 0.677. The lowest BCUT2D eigenvalue weighted by molar-refractivity contribution is -0.178. The van der Waals surface area contributed by atoms with Crippen LogP contribution in [0.2, 0.25) is 0 Å².